The van der Waals surface area contributed by atoms with Crippen LogP contribution in [0.25, 0.3) is 55.0 Å². The predicted molar refractivity (Wildman–Crippen MR) is 161 cm³/mol. The molecule has 0 N–H and O–H groups in total. The molecule has 0 aliphatic carbocycles. The second kappa shape index (κ2) is 8.38. The lowest BCUT2D eigenvalue weighted by molar-refractivity contribution is 0.365. The summed E-state index contributed by atoms with van der Waals surface area (Å²) in [6.45, 7) is 1.29. The van der Waals surface area contributed by atoms with E-state index in [4.69, 9.17) is 9.31 Å². The van der Waals surface area contributed by atoms with Crippen LogP contribution in [-0.4, -0.2) is 37.3 Å². The van der Waals surface area contributed by atoms with Gasteiger partial charge in [-0.25, -0.2) is 0 Å². The molecular weight excluding hydrogens is 466 g/mol. The molecule has 2 aromatic heterocycles. The summed E-state index contributed by atoms with van der Waals surface area (Å²) in [5.74, 6) is 0. The molecule has 1 fully saturated rings. The average Bonchev–Trinajstić information content (AvgIpc) is 3.68. The molecule has 0 saturated carbocycles. The highest BCUT2D eigenvalue weighted by Gasteiger charge is 2.26. The summed E-state index contributed by atoms with van der Waals surface area (Å²) in [6.07, 6.45) is 0. The molecule has 7 aromatic rings. The Morgan fingerprint density at radius 3 is 1.58 bits per heavy atom. The largest absolute Gasteiger partial charge is 0.494 e. The number of para-hydroxylation sites is 2. The predicted octanol–water partition coefficient (Wildman–Crippen LogP) is 4.88. The van der Waals surface area contributed by atoms with E-state index >= 15 is 0 Å². The molecule has 0 spiro atoms. The molecule has 0 radical (unpaired) electrons. The molecule has 1 aliphatic heterocycles. The van der Waals surface area contributed by atoms with Crippen LogP contribution in [-0.2, 0) is 9.31 Å². The van der Waals surface area contributed by atoms with Crippen molar-refractivity contribution in [2.24, 2.45) is 0 Å². The van der Waals surface area contributed by atoms with Crippen LogP contribution in [0.1, 0.15) is 0 Å². The van der Waals surface area contributed by atoms with Gasteiger partial charge in [0.2, 0.25) is 0 Å². The third kappa shape index (κ3) is 3.21. The van der Waals surface area contributed by atoms with E-state index in [1.165, 1.54) is 54.8 Å². The fourth-order valence-electron chi connectivity index (χ4n) is 6.01. The van der Waals surface area contributed by atoms with Crippen LogP contribution in [0, 0.1) is 0 Å². The number of rotatable bonds is 3. The maximum absolute atomic E-state index is 5.72. The highest BCUT2D eigenvalue weighted by molar-refractivity contribution is 6.61. The smallest absolute Gasteiger partial charge is 0.405 e. The maximum atomic E-state index is 5.72. The molecule has 0 atom stereocenters. The molecule has 38 heavy (non-hydrogen) atoms. The van der Waals surface area contributed by atoms with Crippen LogP contribution < -0.4 is 10.9 Å². The van der Waals surface area contributed by atoms with E-state index in [1.54, 1.807) is 0 Å². The lowest BCUT2D eigenvalue weighted by Crippen LogP contribution is -2.31. The number of fused-ring (bicyclic) bond motifs is 6. The van der Waals surface area contributed by atoms with Gasteiger partial charge in [-0.15, -0.1) is 0 Å². The van der Waals surface area contributed by atoms with Gasteiger partial charge in [0.1, 0.15) is 7.85 Å². The van der Waals surface area contributed by atoms with E-state index in [0.29, 0.717) is 13.2 Å². The monoisotopic (exact) mass is 490 g/mol. The second-order valence-electron chi connectivity index (χ2n) is 10.1. The number of benzene rings is 5. The minimum atomic E-state index is -0.271. The van der Waals surface area contributed by atoms with E-state index in [-0.39, 0.29) is 7.12 Å². The van der Waals surface area contributed by atoms with Crippen LogP contribution in [0.15, 0.2) is 109 Å². The SMILES string of the molecule is Bc1ccc(-n2c3ccccc3c3cc4c5ccccc5n(-c5ccc(B6OCCO6)cc5)c4cc32)cc1. The van der Waals surface area contributed by atoms with Crippen molar-refractivity contribution in [1.82, 2.24) is 9.13 Å². The summed E-state index contributed by atoms with van der Waals surface area (Å²) in [7, 11) is 1.86. The first-order valence-corrected chi connectivity index (χ1v) is 13.1. The maximum Gasteiger partial charge on any atom is 0.494 e. The van der Waals surface area contributed by atoms with Gasteiger partial charge in [0, 0.05) is 32.9 Å². The van der Waals surface area contributed by atoms with Crippen molar-refractivity contribution in [2.75, 3.05) is 13.2 Å². The zero-order valence-corrected chi connectivity index (χ0v) is 21.1. The van der Waals surface area contributed by atoms with Crippen molar-refractivity contribution in [2.45, 2.75) is 0 Å². The zero-order chi connectivity index (χ0) is 25.2. The van der Waals surface area contributed by atoms with E-state index < -0.39 is 0 Å². The molecule has 180 valence electrons. The van der Waals surface area contributed by atoms with Crippen LogP contribution in [0.4, 0.5) is 0 Å². The molecule has 0 bridgehead atoms. The Hall–Kier alpha value is -4.25. The first kappa shape index (κ1) is 21.8. The first-order valence-electron chi connectivity index (χ1n) is 13.1. The molecule has 0 amide bonds. The Morgan fingerprint density at radius 1 is 0.526 bits per heavy atom. The molecule has 3 heterocycles. The van der Waals surface area contributed by atoms with Gasteiger partial charge in [0.15, 0.2) is 0 Å². The fraction of sp³-hybridized carbons (Fsp3) is 0.0625. The van der Waals surface area contributed by atoms with Crippen molar-refractivity contribution >= 4 is 69.5 Å². The summed E-state index contributed by atoms with van der Waals surface area (Å²) in [5.41, 5.74) is 9.41. The van der Waals surface area contributed by atoms with Crippen molar-refractivity contribution in [3.05, 3.63) is 109 Å². The average molecular weight is 490 g/mol. The molecule has 0 unspecified atom stereocenters. The lowest BCUT2D eigenvalue weighted by atomic mass is 9.79. The fourth-order valence-corrected chi connectivity index (χ4v) is 6.01. The highest BCUT2D eigenvalue weighted by Crippen LogP contribution is 2.39. The summed E-state index contributed by atoms with van der Waals surface area (Å²) in [4.78, 5) is 0. The molecule has 5 aromatic carbocycles. The third-order valence-electron chi connectivity index (χ3n) is 7.80. The van der Waals surface area contributed by atoms with Gasteiger partial charge in [0.05, 0.1) is 35.3 Å². The lowest BCUT2D eigenvalue weighted by Gasteiger charge is -2.11. The van der Waals surface area contributed by atoms with Crippen molar-refractivity contribution in [1.29, 1.82) is 0 Å². The van der Waals surface area contributed by atoms with Crippen molar-refractivity contribution in [3.8, 4) is 11.4 Å². The summed E-state index contributed by atoms with van der Waals surface area (Å²) in [5, 5.41) is 5.04. The normalized spacial score (nSPS) is 13.9. The molecule has 1 saturated heterocycles. The first-order chi connectivity index (χ1) is 18.8. The third-order valence-corrected chi connectivity index (χ3v) is 7.80. The molecular formula is C32H24B2N2O2. The number of aromatic nitrogens is 2. The minimum absolute atomic E-state index is 0.271. The van der Waals surface area contributed by atoms with Crippen LogP contribution in [0.5, 0.6) is 0 Å². The van der Waals surface area contributed by atoms with E-state index in [9.17, 15) is 0 Å². The summed E-state index contributed by atoms with van der Waals surface area (Å²) >= 11 is 0. The Balaban J connectivity index is 1.44. The summed E-state index contributed by atoms with van der Waals surface area (Å²) < 4.78 is 16.2. The van der Waals surface area contributed by atoms with Gasteiger partial charge < -0.3 is 18.4 Å². The molecule has 1 aliphatic rings. The Bertz CT molecular complexity index is 1980. The summed E-state index contributed by atoms with van der Waals surface area (Å²) in [6, 6.07) is 39.5. The van der Waals surface area contributed by atoms with E-state index in [0.717, 1.165) is 11.2 Å². The quantitative estimate of drug-likeness (QED) is 0.331. The van der Waals surface area contributed by atoms with Gasteiger partial charge in [-0.1, -0.05) is 66.1 Å². The van der Waals surface area contributed by atoms with Crippen molar-refractivity contribution in [3.63, 3.8) is 0 Å². The van der Waals surface area contributed by atoms with Gasteiger partial charge >= 0.3 is 7.12 Å². The van der Waals surface area contributed by atoms with Crippen LogP contribution in [0.3, 0.4) is 0 Å². The van der Waals surface area contributed by atoms with Crippen molar-refractivity contribution < 1.29 is 9.31 Å². The Labute approximate surface area is 221 Å². The molecule has 6 heteroatoms. The van der Waals surface area contributed by atoms with Gasteiger partial charge in [-0.2, -0.15) is 0 Å². The Morgan fingerprint density at radius 2 is 1.03 bits per heavy atom. The van der Waals surface area contributed by atoms with E-state index in [2.05, 4.69) is 126 Å². The van der Waals surface area contributed by atoms with E-state index in [1.807, 2.05) is 0 Å². The van der Waals surface area contributed by atoms with Crippen LogP contribution >= 0.6 is 0 Å². The molecule has 4 nitrogen and oxygen atoms in total. The second-order valence-corrected chi connectivity index (χ2v) is 10.1. The Kier molecular flexibility index (Phi) is 4.81. The van der Waals surface area contributed by atoms with Gasteiger partial charge in [-0.3, -0.25) is 0 Å². The molecule has 8 rings (SSSR count). The zero-order valence-electron chi connectivity index (χ0n) is 21.1. The number of nitrogens with zero attached hydrogens (tertiary/aromatic N) is 2. The standard InChI is InChI=1S/C32H24B2N2O2/c33-21-9-13-23(14-10-21)35-29-7-3-1-5-25(29)27-19-28-26-6-2-4-8-30(26)36(32(28)20-31(27)35)24-15-11-22(12-16-24)34-37-17-18-38-34/h1-16,19-20H,17-18,33H2. The minimum Gasteiger partial charge on any atom is -0.405 e. The number of hydrogen-bond acceptors (Lipinski definition) is 2. The van der Waals surface area contributed by atoms with Crippen LogP contribution in [0.2, 0.25) is 0 Å². The number of hydrogen-bond donors (Lipinski definition) is 0. The van der Waals surface area contributed by atoms with Gasteiger partial charge in [-0.05, 0) is 54.0 Å². The highest BCUT2D eigenvalue weighted by atomic mass is 16.6. The van der Waals surface area contributed by atoms with Gasteiger partial charge in [0.25, 0.3) is 0 Å². The topological polar surface area (TPSA) is 28.3 Å².